The molecule has 1 aromatic carbocycles. The van der Waals surface area contributed by atoms with E-state index >= 15 is 0 Å². The standard InChI is InChI=1S/C17H25NO3/c1-18-16-11-21-17-9-14(6-7-15(16)17)20-10-13(19)8-12-4-2-3-5-12/h6-7,9,12-13,16,18-19H,2-5,8,10-11H2,1H3. The highest BCUT2D eigenvalue weighted by Gasteiger charge is 2.23. The summed E-state index contributed by atoms with van der Waals surface area (Å²) in [6.07, 6.45) is 5.64. The van der Waals surface area contributed by atoms with Crippen LogP contribution < -0.4 is 14.8 Å². The molecule has 0 amide bonds. The first kappa shape index (κ1) is 14.7. The molecule has 2 unspecified atom stereocenters. The Morgan fingerprint density at radius 2 is 2.19 bits per heavy atom. The first-order valence-corrected chi connectivity index (χ1v) is 8.01. The predicted octanol–water partition coefficient (Wildman–Crippen LogP) is 2.66. The number of aliphatic hydroxyl groups is 1. The van der Waals surface area contributed by atoms with E-state index in [4.69, 9.17) is 9.47 Å². The lowest BCUT2D eigenvalue weighted by atomic mass is 10.0. The number of benzene rings is 1. The van der Waals surface area contributed by atoms with Gasteiger partial charge in [0.25, 0.3) is 0 Å². The molecule has 1 fully saturated rings. The summed E-state index contributed by atoms with van der Waals surface area (Å²) < 4.78 is 11.4. The quantitative estimate of drug-likeness (QED) is 0.846. The summed E-state index contributed by atoms with van der Waals surface area (Å²) in [6, 6.07) is 6.19. The van der Waals surface area contributed by atoms with Crippen molar-refractivity contribution in [3.05, 3.63) is 23.8 Å². The molecule has 116 valence electrons. The number of hydrogen-bond donors (Lipinski definition) is 2. The minimum Gasteiger partial charge on any atom is -0.491 e. The number of fused-ring (bicyclic) bond motifs is 1. The molecule has 2 aliphatic rings. The van der Waals surface area contributed by atoms with Crippen molar-refractivity contribution in [2.75, 3.05) is 20.3 Å². The maximum absolute atomic E-state index is 10.1. The second-order valence-corrected chi connectivity index (χ2v) is 6.20. The Balaban J connectivity index is 1.51. The predicted molar refractivity (Wildman–Crippen MR) is 81.8 cm³/mol. The first-order chi connectivity index (χ1) is 10.3. The zero-order chi connectivity index (χ0) is 14.7. The van der Waals surface area contributed by atoms with Crippen LogP contribution in [0.3, 0.4) is 0 Å². The number of likely N-dealkylation sites (N-methyl/N-ethyl adjacent to an activating group) is 1. The molecule has 4 heteroatoms. The van der Waals surface area contributed by atoms with Crippen LogP contribution in [0, 0.1) is 5.92 Å². The second-order valence-electron chi connectivity index (χ2n) is 6.20. The second kappa shape index (κ2) is 6.67. The molecule has 1 aliphatic carbocycles. The molecule has 1 aliphatic heterocycles. The number of ether oxygens (including phenoxy) is 2. The number of aliphatic hydroxyl groups excluding tert-OH is 1. The van der Waals surface area contributed by atoms with Gasteiger partial charge < -0.3 is 19.9 Å². The van der Waals surface area contributed by atoms with E-state index in [1.165, 1.54) is 31.2 Å². The fraction of sp³-hybridized carbons (Fsp3) is 0.647. The van der Waals surface area contributed by atoms with Gasteiger partial charge in [-0.15, -0.1) is 0 Å². The SMILES string of the molecule is CNC1COc2cc(OCC(O)CC3CCCC3)ccc21. The van der Waals surface area contributed by atoms with E-state index in [2.05, 4.69) is 5.32 Å². The van der Waals surface area contributed by atoms with E-state index in [-0.39, 0.29) is 12.1 Å². The van der Waals surface area contributed by atoms with Crippen LogP contribution in [0.25, 0.3) is 0 Å². The van der Waals surface area contributed by atoms with Crippen molar-refractivity contribution in [2.24, 2.45) is 5.92 Å². The summed E-state index contributed by atoms with van der Waals surface area (Å²) in [5, 5.41) is 13.3. The normalized spacial score (nSPS) is 22.9. The molecule has 1 aromatic rings. The van der Waals surface area contributed by atoms with Crippen molar-refractivity contribution in [2.45, 2.75) is 44.2 Å². The van der Waals surface area contributed by atoms with Crippen LogP contribution in [0.5, 0.6) is 11.5 Å². The Morgan fingerprint density at radius 1 is 1.38 bits per heavy atom. The van der Waals surface area contributed by atoms with Crippen LogP contribution in [0.1, 0.15) is 43.7 Å². The van der Waals surface area contributed by atoms with Gasteiger partial charge in [0.2, 0.25) is 0 Å². The third-order valence-electron chi connectivity index (χ3n) is 4.64. The molecule has 1 heterocycles. The highest BCUT2D eigenvalue weighted by atomic mass is 16.5. The zero-order valence-corrected chi connectivity index (χ0v) is 12.7. The van der Waals surface area contributed by atoms with E-state index < -0.39 is 0 Å². The van der Waals surface area contributed by atoms with Gasteiger partial charge in [0.05, 0.1) is 12.1 Å². The molecule has 1 saturated carbocycles. The van der Waals surface area contributed by atoms with E-state index in [1.807, 2.05) is 25.2 Å². The van der Waals surface area contributed by atoms with Crippen LogP contribution in [0.15, 0.2) is 18.2 Å². The van der Waals surface area contributed by atoms with Gasteiger partial charge in [-0.05, 0) is 31.5 Å². The molecule has 0 aromatic heterocycles. The first-order valence-electron chi connectivity index (χ1n) is 8.01. The Labute approximate surface area is 126 Å². The van der Waals surface area contributed by atoms with Crippen LogP contribution in [0.4, 0.5) is 0 Å². The van der Waals surface area contributed by atoms with Crippen molar-refractivity contribution in [1.29, 1.82) is 0 Å². The van der Waals surface area contributed by atoms with Gasteiger partial charge in [-0.25, -0.2) is 0 Å². The monoisotopic (exact) mass is 291 g/mol. The van der Waals surface area contributed by atoms with Gasteiger partial charge in [-0.3, -0.25) is 0 Å². The van der Waals surface area contributed by atoms with Crippen LogP contribution in [0.2, 0.25) is 0 Å². The highest BCUT2D eigenvalue weighted by Crippen LogP contribution is 2.35. The average molecular weight is 291 g/mol. The average Bonchev–Trinajstić information content (AvgIpc) is 3.13. The number of rotatable bonds is 6. The van der Waals surface area contributed by atoms with E-state index in [1.54, 1.807) is 0 Å². The van der Waals surface area contributed by atoms with Gasteiger partial charge in [0.15, 0.2) is 0 Å². The number of hydrogen-bond acceptors (Lipinski definition) is 4. The van der Waals surface area contributed by atoms with Crippen LogP contribution in [-0.2, 0) is 0 Å². The topological polar surface area (TPSA) is 50.7 Å². The molecule has 4 nitrogen and oxygen atoms in total. The zero-order valence-electron chi connectivity index (χ0n) is 12.7. The third-order valence-corrected chi connectivity index (χ3v) is 4.64. The van der Waals surface area contributed by atoms with Crippen molar-refractivity contribution in [3.8, 4) is 11.5 Å². The molecule has 2 atom stereocenters. The van der Waals surface area contributed by atoms with Gasteiger partial charge in [0, 0.05) is 11.6 Å². The summed E-state index contributed by atoms with van der Waals surface area (Å²) in [5.41, 5.74) is 1.18. The van der Waals surface area contributed by atoms with Crippen molar-refractivity contribution in [3.63, 3.8) is 0 Å². The Hall–Kier alpha value is -1.26. The summed E-state index contributed by atoms with van der Waals surface area (Å²) in [4.78, 5) is 0. The maximum Gasteiger partial charge on any atom is 0.127 e. The van der Waals surface area contributed by atoms with Crippen LogP contribution >= 0.6 is 0 Å². The summed E-state index contributed by atoms with van der Waals surface area (Å²) >= 11 is 0. The highest BCUT2D eigenvalue weighted by molar-refractivity contribution is 5.44. The molecule has 0 bridgehead atoms. The Morgan fingerprint density at radius 3 is 2.95 bits per heavy atom. The maximum atomic E-state index is 10.1. The molecular formula is C17H25NO3. The van der Waals surface area contributed by atoms with E-state index in [9.17, 15) is 5.11 Å². The molecule has 0 spiro atoms. The molecule has 2 N–H and O–H groups in total. The fourth-order valence-electron chi connectivity index (χ4n) is 3.41. The summed E-state index contributed by atoms with van der Waals surface area (Å²) in [7, 11) is 1.94. The molecule has 0 saturated heterocycles. The molecule has 21 heavy (non-hydrogen) atoms. The van der Waals surface area contributed by atoms with Gasteiger partial charge in [0.1, 0.15) is 24.7 Å². The lowest BCUT2D eigenvalue weighted by molar-refractivity contribution is 0.0854. The molecular weight excluding hydrogens is 266 g/mol. The van der Waals surface area contributed by atoms with Crippen molar-refractivity contribution in [1.82, 2.24) is 5.32 Å². The van der Waals surface area contributed by atoms with Crippen LogP contribution in [-0.4, -0.2) is 31.5 Å². The largest absolute Gasteiger partial charge is 0.491 e. The third kappa shape index (κ3) is 3.50. The van der Waals surface area contributed by atoms with E-state index in [0.29, 0.717) is 19.1 Å². The lowest BCUT2D eigenvalue weighted by Gasteiger charge is -2.16. The van der Waals surface area contributed by atoms with Crippen molar-refractivity contribution >= 4 is 0 Å². The van der Waals surface area contributed by atoms with Gasteiger partial charge in [-0.1, -0.05) is 25.7 Å². The Bertz CT molecular complexity index is 471. The minimum atomic E-state index is -0.368. The van der Waals surface area contributed by atoms with Crippen molar-refractivity contribution < 1.29 is 14.6 Å². The molecule has 0 radical (unpaired) electrons. The molecule has 3 rings (SSSR count). The summed E-state index contributed by atoms with van der Waals surface area (Å²) in [5.74, 6) is 2.34. The summed E-state index contributed by atoms with van der Waals surface area (Å²) in [6.45, 7) is 1.03. The fourth-order valence-corrected chi connectivity index (χ4v) is 3.41. The minimum absolute atomic E-state index is 0.266. The van der Waals surface area contributed by atoms with Gasteiger partial charge >= 0.3 is 0 Å². The van der Waals surface area contributed by atoms with E-state index in [0.717, 1.165) is 17.9 Å². The Kier molecular flexibility index (Phi) is 4.66. The smallest absolute Gasteiger partial charge is 0.127 e. The van der Waals surface area contributed by atoms with Gasteiger partial charge in [-0.2, -0.15) is 0 Å². The lowest BCUT2D eigenvalue weighted by Crippen LogP contribution is -2.20. The number of nitrogens with one attached hydrogen (secondary N) is 1.